The highest BCUT2D eigenvalue weighted by Gasteiger charge is 2.26. The highest BCUT2D eigenvalue weighted by atomic mass is 35.5. The van der Waals surface area contributed by atoms with Gasteiger partial charge in [0.25, 0.3) is 0 Å². The second-order valence-corrected chi connectivity index (χ2v) is 8.00. The predicted molar refractivity (Wildman–Crippen MR) is 123 cm³/mol. The minimum atomic E-state index is 0. The molecule has 0 bridgehead atoms. The predicted octanol–water partition coefficient (Wildman–Crippen LogP) is 3.60. The molecule has 0 aliphatic carbocycles. The zero-order valence-corrected chi connectivity index (χ0v) is 19.4. The second kappa shape index (κ2) is 13.3. The Labute approximate surface area is 188 Å². The molecule has 1 amide bonds. The number of carbonyl (C=O) groups excluding carboxylic acids is 1. The standard InChI is InChI=1S/C22H35N3O2.2ClH/c1-3-27-21-6-4-19(5-7-21)17-24-12-14-25(15-13-24)22(26)16-18(2)20-8-10-23-11-9-20;;/h4-7,18,20,23H,3,8-17H2,1-2H3;2*1H. The van der Waals surface area contributed by atoms with Crippen molar-refractivity contribution >= 4 is 30.7 Å². The zero-order valence-electron chi connectivity index (χ0n) is 17.8. The van der Waals surface area contributed by atoms with Crippen LogP contribution in [0.5, 0.6) is 5.75 Å². The van der Waals surface area contributed by atoms with Crippen LogP contribution in [0.3, 0.4) is 0 Å². The van der Waals surface area contributed by atoms with E-state index in [1.165, 1.54) is 18.4 Å². The number of carbonyl (C=O) groups is 1. The summed E-state index contributed by atoms with van der Waals surface area (Å²) in [5.74, 6) is 2.49. The van der Waals surface area contributed by atoms with Gasteiger partial charge in [-0.25, -0.2) is 0 Å². The molecule has 1 atom stereocenters. The summed E-state index contributed by atoms with van der Waals surface area (Å²) in [4.78, 5) is 17.2. The summed E-state index contributed by atoms with van der Waals surface area (Å²) >= 11 is 0. The summed E-state index contributed by atoms with van der Waals surface area (Å²) < 4.78 is 5.51. The third-order valence-corrected chi connectivity index (χ3v) is 6.05. The highest BCUT2D eigenvalue weighted by Crippen LogP contribution is 2.25. The highest BCUT2D eigenvalue weighted by molar-refractivity contribution is 5.85. The van der Waals surface area contributed by atoms with Crippen LogP contribution < -0.4 is 10.1 Å². The molecule has 2 aliphatic heterocycles. The van der Waals surface area contributed by atoms with Gasteiger partial charge in [-0.2, -0.15) is 0 Å². The van der Waals surface area contributed by atoms with Gasteiger partial charge in [-0.3, -0.25) is 9.69 Å². The van der Waals surface area contributed by atoms with Crippen LogP contribution in [-0.2, 0) is 11.3 Å². The van der Waals surface area contributed by atoms with Gasteiger partial charge in [-0.15, -0.1) is 24.8 Å². The average molecular weight is 446 g/mol. The van der Waals surface area contributed by atoms with E-state index in [1.54, 1.807) is 0 Å². The Bertz CT molecular complexity index is 586. The maximum atomic E-state index is 12.7. The lowest BCUT2D eigenvalue weighted by atomic mass is 9.84. The van der Waals surface area contributed by atoms with Crippen LogP contribution in [-0.4, -0.2) is 61.6 Å². The van der Waals surface area contributed by atoms with E-state index in [0.29, 0.717) is 30.8 Å². The zero-order chi connectivity index (χ0) is 19.1. The molecule has 1 aromatic rings. The van der Waals surface area contributed by atoms with Crippen LogP contribution in [0, 0.1) is 11.8 Å². The topological polar surface area (TPSA) is 44.8 Å². The van der Waals surface area contributed by atoms with E-state index in [2.05, 4.69) is 34.2 Å². The van der Waals surface area contributed by atoms with Crippen LogP contribution in [0.4, 0.5) is 0 Å². The van der Waals surface area contributed by atoms with Crippen molar-refractivity contribution in [1.82, 2.24) is 15.1 Å². The van der Waals surface area contributed by atoms with E-state index >= 15 is 0 Å². The van der Waals surface area contributed by atoms with Gasteiger partial charge >= 0.3 is 0 Å². The number of hydrogen-bond donors (Lipinski definition) is 1. The number of piperidine rings is 1. The van der Waals surface area contributed by atoms with E-state index in [4.69, 9.17) is 4.74 Å². The van der Waals surface area contributed by atoms with Crippen molar-refractivity contribution < 1.29 is 9.53 Å². The maximum absolute atomic E-state index is 12.7. The van der Waals surface area contributed by atoms with Crippen molar-refractivity contribution in [1.29, 1.82) is 0 Å². The average Bonchev–Trinajstić information content (AvgIpc) is 2.71. The van der Waals surface area contributed by atoms with Crippen molar-refractivity contribution in [2.24, 2.45) is 11.8 Å². The minimum Gasteiger partial charge on any atom is -0.494 e. The molecule has 0 spiro atoms. The third-order valence-electron chi connectivity index (χ3n) is 6.05. The molecule has 2 heterocycles. The first-order valence-electron chi connectivity index (χ1n) is 10.6. The second-order valence-electron chi connectivity index (χ2n) is 8.00. The van der Waals surface area contributed by atoms with Gasteiger partial charge in [-0.1, -0.05) is 19.1 Å². The smallest absolute Gasteiger partial charge is 0.222 e. The lowest BCUT2D eigenvalue weighted by Crippen LogP contribution is -2.48. The Kier molecular flexibility index (Phi) is 12.0. The molecular formula is C22H37Cl2N3O2. The van der Waals surface area contributed by atoms with Crippen LogP contribution in [0.25, 0.3) is 0 Å². The fourth-order valence-corrected chi connectivity index (χ4v) is 4.26. The molecule has 2 fully saturated rings. The Morgan fingerprint density at radius 1 is 1.10 bits per heavy atom. The van der Waals surface area contributed by atoms with Crippen molar-refractivity contribution in [2.75, 3.05) is 45.9 Å². The van der Waals surface area contributed by atoms with Crippen LogP contribution in [0.2, 0.25) is 0 Å². The Morgan fingerprint density at radius 2 is 1.72 bits per heavy atom. The number of halogens is 2. The van der Waals surface area contributed by atoms with E-state index in [-0.39, 0.29) is 24.8 Å². The van der Waals surface area contributed by atoms with Crippen LogP contribution in [0.15, 0.2) is 24.3 Å². The maximum Gasteiger partial charge on any atom is 0.222 e. The van der Waals surface area contributed by atoms with E-state index < -0.39 is 0 Å². The van der Waals surface area contributed by atoms with Crippen molar-refractivity contribution in [2.45, 2.75) is 39.7 Å². The number of benzene rings is 1. The minimum absolute atomic E-state index is 0. The summed E-state index contributed by atoms with van der Waals surface area (Å²) in [5, 5.41) is 3.41. The molecule has 0 saturated carbocycles. The molecule has 0 aromatic heterocycles. The molecule has 2 saturated heterocycles. The molecule has 2 aliphatic rings. The number of ether oxygens (including phenoxy) is 1. The summed E-state index contributed by atoms with van der Waals surface area (Å²) in [6.07, 6.45) is 3.14. The van der Waals surface area contributed by atoms with Gasteiger partial charge in [0.15, 0.2) is 0 Å². The molecule has 0 radical (unpaired) electrons. The van der Waals surface area contributed by atoms with Gasteiger partial charge in [0.2, 0.25) is 5.91 Å². The summed E-state index contributed by atoms with van der Waals surface area (Å²) in [6, 6.07) is 8.37. The van der Waals surface area contributed by atoms with Crippen molar-refractivity contribution in [3.63, 3.8) is 0 Å². The van der Waals surface area contributed by atoms with E-state index in [9.17, 15) is 4.79 Å². The summed E-state index contributed by atoms with van der Waals surface area (Å²) in [6.45, 7) is 11.7. The Hall–Kier alpha value is -1.01. The van der Waals surface area contributed by atoms with Crippen LogP contribution >= 0.6 is 24.8 Å². The first kappa shape index (κ1) is 26.0. The lowest BCUT2D eigenvalue weighted by Gasteiger charge is -2.36. The number of piperazine rings is 1. The van der Waals surface area contributed by atoms with Crippen molar-refractivity contribution in [3.05, 3.63) is 29.8 Å². The fourth-order valence-electron chi connectivity index (χ4n) is 4.26. The lowest BCUT2D eigenvalue weighted by molar-refractivity contribution is -0.134. The van der Waals surface area contributed by atoms with E-state index in [0.717, 1.165) is 51.6 Å². The van der Waals surface area contributed by atoms with Gasteiger partial charge < -0.3 is 15.0 Å². The SMILES string of the molecule is CCOc1ccc(CN2CCN(C(=O)CC(C)C3CCNCC3)CC2)cc1.Cl.Cl. The van der Waals surface area contributed by atoms with E-state index in [1.807, 2.05) is 19.1 Å². The largest absolute Gasteiger partial charge is 0.494 e. The molecule has 5 nitrogen and oxygen atoms in total. The first-order chi connectivity index (χ1) is 13.2. The molecule has 1 unspecified atom stereocenters. The third kappa shape index (κ3) is 7.97. The van der Waals surface area contributed by atoms with Gasteiger partial charge in [0.1, 0.15) is 5.75 Å². The van der Waals surface area contributed by atoms with Gasteiger partial charge in [0.05, 0.1) is 6.61 Å². The molecular weight excluding hydrogens is 409 g/mol. The first-order valence-corrected chi connectivity index (χ1v) is 10.6. The number of hydrogen-bond acceptors (Lipinski definition) is 4. The van der Waals surface area contributed by atoms with Gasteiger partial charge in [0, 0.05) is 39.1 Å². The van der Waals surface area contributed by atoms with Crippen LogP contribution in [0.1, 0.15) is 38.7 Å². The normalized spacial score (nSPS) is 19.0. The molecule has 166 valence electrons. The number of rotatable bonds is 7. The molecule has 1 N–H and O–H groups in total. The fraction of sp³-hybridized carbons (Fsp3) is 0.682. The summed E-state index contributed by atoms with van der Waals surface area (Å²) in [5.41, 5.74) is 1.30. The van der Waals surface area contributed by atoms with Crippen molar-refractivity contribution in [3.8, 4) is 5.75 Å². The molecule has 7 heteroatoms. The quantitative estimate of drug-likeness (QED) is 0.695. The number of nitrogens with zero attached hydrogens (tertiary/aromatic N) is 2. The monoisotopic (exact) mass is 445 g/mol. The molecule has 3 rings (SSSR count). The summed E-state index contributed by atoms with van der Waals surface area (Å²) in [7, 11) is 0. The Balaban J connectivity index is 0.00000210. The molecule has 29 heavy (non-hydrogen) atoms. The Morgan fingerprint density at radius 3 is 2.31 bits per heavy atom. The number of amides is 1. The molecule has 1 aromatic carbocycles. The van der Waals surface area contributed by atoms with Gasteiger partial charge in [-0.05, 0) is 62.4 Å². The number of nitrogens with one attached hydrogen (secondary N) is 1.